The highest BCUT2D eigenvalue weighted by atomic mass is 32.2. The Hall–Kier alpha value is -2.43. The van der Waals surface area contributed by atoms with E-state index in [1.165, 1.54) is 12.1 Å². The molecule has 2 atom stereocenters. The third kappa shape index (κ3) is 12.4. The van der Waals surface area contributed by atoms with E-state index < -0.39 is 6.10 Å². The second-order valence-corrected chi connectivity index (χ2v) is 10.3. The maximum atomic E-state index is 13.0. The van der Waals surface area contributed by atoms with E-state index >= 15 is 0 Å². The van der Waals surface area contributed by atoms with Crippen molar-refractivity contribution in [2.75, 3.05) is 50.9 Å². The van der Waals surface area contributed by atoms with Crippen LogP contribution in [-0.2, 0) is 30.3 Å². The zero-order valence-corrected chi connectivity index (χ0v) is 23.3. The van der Waals surface area contributed by atoms with Gasteiger partial charge in [-0.15, -0.1) is 0 Å². The summed E-state index contributed by atoms with van der Waals surface area (Å²) in [5, 5.41) is 10.3. The number of amides is 1. The van der Waals surface area contributed by atoms with Gasteiger partial charge in [-0.25, -0.2) is 4.39 Å². The number of rotatable bonds is 18. The van der Waals surface area contributed by atoms with Crippen LogP contribution in [0.2, 0.25) is 0 Å². The molecule has 0 aliphatic carbocycles. The highest BCUT2D eigenvalue weighted by Gasteiger charge is 2.28. The SMILES string of the molecule is CCN(CC)CC(=O)OCCOC(=O)CCCSCCN1C(=O)CC[C@@H]1C=C[C@@H](O)Cc1ccc(F)cc1. The molecule has 10 heteroatoms. The number of ether oxygens (including phenoxy) is 2. The van der Waals surface area contributed by atoms with E-state index in [1.807, 2.05) is 29.7 Å². The predicted molar refractivity (Wildman–Crippen MR) is 146 cm³/mol. The molecule has 1 N–H and O–H groups in total. The lowest BCUT2D eigenvalue weighted by Crippen LogP contribution is -2.34. The number of carbonyl (C=O) groups is 3. The number of hydrogen-bond donors (Lipinski definition) is 1. The van der Waals surface area contributed by atoms with Crippen molar-refractivity contribution < 1.29 is 33.4 Å². The van der Waals surface area contributed by atoms with Crippen molar-refractivity contribution in [3.05, 3.63) is 47.8 Å². The van der Waals surface area contributed by atoms with Crippen molar-refractivity contribution in [3.63, 3.8) is 0 Å². The number of likely N-dealkylation sites (tertiary alicyclic amines) is 1. The summed E-state index contributed by atoms with van der Waals surface area (Å²) in [6, 6.07) is 6.01. The number of carbonyl (C=O) groups excluding carboxylic acids is 3. The van der Waals surface area contributed by atoms with Gasteiger partial charge in [-0.3, -0.25) is 19.3 Å². The van der Waals surface area contributed by atoms with Gasteiger partial charge in [-0.05, 0) is 49.4 Å². The van der Waals surface area contributed by atoms with Crippen LogP contribution in [0.4, 0.5) is 4.39 Å². The second kappa shape index (κ2) is 18.0. The first-order valence-corrected chi connectivity index (χ1v) is 14.5. The van der Waals surface area contributed by atoms with Crippen molar-refractivity contribution in [1.82, 2.24) is 9.80 Å². The van der Waals surface area contributed by atoms with Crippen molar-refractivity contribution in [2.24, 2.45) is 0 Å². The van der Waals surface area contributed by atoms with E-state index in [9.17, 15) is 23.9 Å². The summed E-state index contributed by atoms with van der Waals surface area (Å²) in [4.78, 5) is 39.7. The van der Waals surface area contributed by atoms with Crippen LogP contribution in [0.5, 0.6) is 0 Å². The Balaban J connectivity index is 1.56. The molecule has 38 heavy (non-hydrogen) atoms. The van der Waals surface area contributed by atoms with Gasteiger partial charge in [0, 0.05) is 31.6 Å². The topological polar surface area (TPSA) is 96.4 Å². The Morgan fingerprint density at radius 1 is 1.16 bits per heavy atom. The third-order valence-electron chi connectivity index (χ3n) is 6.29. The van der Waals surface area contributed by atoms with Gasteiger partial charge in [0.25, 0.3) is 0 Å². The van der Waals surface area contributed by atoms with E-state index in [4.69, 9.17) is 9.47 Å². The number of esters is 2. The number of benzene rings is 1. The van der Waals surface area contributed by atoms with Crippen molar-refractivity contribution >= 4 is 29.6 Å². The van der Waals surface area contributed by atoms with Gasteiger partial charge in [0.2, 0.25) is 5.91 Å². The normalized spacial score (nSPS) is 16.4. The van der Waals surface area contributed by atoms with Crippen LogP contribution in [0.3, 0.4) is 0 Å². The van der Waals surface area contributed by atoms with Crippen molar-refractivity contribution in [2.45, 2.75) is 58.1 Å². The van der Waals surface area contributed by atoms with Gasteiger partial charge in [-0.2, -0.15) is 11.8 Å². The first-order chi connectivity index (χ1) is 18.3. The quantitative estimate of drug-likeness (QED) is 0.169. The number of likely N-dealkylation sites (N-methyl/N-ethyl adjacent to an activating group) is 1. The molecule has 8 nitrogen and oxygen atoms in total. The minimum Gasteiger partial charge on any atom is -0.462 e. The van der Waals surface area contributed by atoms with Crippen molar-refractivity contribution in [1.29, 1.82) is 0 Å². The summed E-state index contributed by atoms with van der Waals surface area (Å²) in [6.45, 7) is 6.45. The number of thioether (sulfide) groups is 1. The fourth-order valence-electron chi connectivity index (χ4n) is 4.08. The molecule has 1 heterocycles. The lowest BCUT2D eigenvalue weighted by Gasteiger charge is -2.22. The third-order valence-corrected chi connectivity index (χ3v) is 7.34. The van der Waals surface area contributed by atoms with E-state index in [0.717, 1.165) is 36.6 Å². The summed E-state index contributed by atoms with van der Waals surface area (Å²) >= 11 is 1.68. The molecule has 1 fully saturated rings. The molecule has 2 rings (SSSR count). The van der Waals surface area contributed by atoms with E-state index in [2.05, 4.69) is 0 Å². The van der Waals surface area contributed by atoms with E-state index in [0.29, 0.717) is 32.2 Å². The molecule has 1 saturated heterocycles. The van der Waals surface area contributed by atoms with E-state index in [1.54, 1.807) is 30.0 Å². The van der Waals surface area contributed by atoms with Gasteiger partial charge in [-0.1, -0.05) is 38.1 Å². The maximum Gasteiger partial charge on any atom is 0.320 e. The molecule has 0 saturated carbocycles. The number of aliphatic hydroxyl groups excluding tert-OH is 1. The number of halogens is 1. The average Bonchev–Trinajstić information content (AvgIpc) is 3.26. The smallest absolute Gasteiger partial charge is 0.320 e. The largest absolute Gasteiger partial charge is 0.462 e. The molecule has 1 aliphatic heterocycles. The molecule has 0 aromatic heterocycles. The molecular formula is C28H41FN2O6S. The molecular weight excluding hydrogens is 511 g/mol. The van der Waals surface area contributed by atoms with Gasteiger partial charge < -0.3 is 19.5 Å². The minimum absolute atomic E-state index is 0.0398. The molecule has 1 aromatic carbocycles. The summed E-state index contributed by atoms with van der Waals surface area (Å²) in [5.74, 6) is 0.687. The zero-order chi connectivity index (χ0) is 27.8. The molecule has 1 amide bonds. The number of nitrogens with zero attached hydrogens (tertiary/aromatic N) is 2. The van der Waals surface area contributed by atoms with Crippen LogP contribution >= 0.6 is 11.8 Å². The highest BCUT2D eigenvalue weighted by molar-refractivity contribution is 7.99. The minimum atomic E-state index is -0.702. The fourth-order valence-corrected chi connectivity index (χ4v) is 4.95. The molecule has 1 aliphatic rings. The summed E-state index contributed by atoms with van der Waals surface area (Å²) in [6.07, 6.45) is 5.46. The van der Waals surface area contributed by atoms with E-state index in [-0.39, 0.29) is 49.5 Å². The first kappa shape index (κ1) is 31.8. The summed E-state index contributed by atoms with van der Waals surface area (Å²) < 4.78 is 23.2. The molecule has 0 unspecified atom stereocenters. The average molecular weight is 553 g/mol. The summed E-state index contributed by atoms with van der Waals surface area (Å²) in [7, 11) is 0. The lowest BCUT2D eigenvalue weighted by molar-refractivity contribution is -0.152. The fraction of sp³-hybridized carbons (Fsp3) is 0.607. The first-order valence-electron chi connectivity index (χ1n) is 13.3. The van der Waals surface area contributed by atoms with Crippen LogP contribution in [0.15, 0.2) is 36.4 Å². The summed E-state index contributed by atoms with van der Waals surface area (Å²) in [5.41, 5.74) is 0.845. The Kier molecular flexibility index (Phi) is 15.0. The van der Waals surface area contributed by atoms with Gasteiger partial charge >= 0.3 is 11.9 Å². The zero-order valence-electron chi connectivity index (χ0n) is 22.5. The molecule has 1 aromatic rings. The molecule has 0 spiro atoms. The Labute approximate surface area is 229 Å². The molecule has 0 radical (unpaired) electrons. The van der Waals surface area contributed by atoms with Crippen LogP contribution in [0.1, 0.15) is 45.1 Å². The van der Waals surface area contributed by atoms with Crippen molar-refractivity contribution in [3.8, 4) is 0 Å². The standard InChI is InChI=1S/C28H41FN2O6S/c1-3-30(4-2)21-28(35)37-17-16-36-27(34)6-5-18-38-19-15-31-24(12-14-26(31)33)11-13-25(32)20-22-7-9-23(29)10-8-22/h7-11,13,24-25,32H,3-6,12,14-21H2,1-2H3/t24-,25+/m0/s1. The van der Waals surface area contributed by atoms with Crippen LogP contribution in [0, 0.1) is 5.82 Å². The highest BCUT2D eigenvalue weighted by Crippen LogP contribution is 2.21. The number of aliphatic hydroxyl groups is 1. The monoisotopic (exact) mass is 552 g/mol. The van der Waals surface area contributed by atoms with Crippen LogP contribution in [0.25, 0.3) is 0 Å². The molecule has 212 valence electrons. The lowest BCUT2D eigenvalue weighted by atomic mass is 10.1. The maximum absolute atomic E-state index is 13.0. The Morgan fingerprint density at radius 3 is 2.53 bits per heavy atom. The predicted octanol–water partition coefficient (Wildman–Crippen LogP) is 3.22. The van der Waals surface area contributed by atoms with Gasteiger partial charge in [0.15, 0.2) is 0 Å². The molecule has 0 bridgehead atoms. The van der Waals surface area contributed by atoms with Crippen LogP contribution in [-0.4, -0.2) is 95.8 Å². The van der Waals surface area contributed by atoms with Gasteiger partial charge in [0.05, 0.1) is 18.7 Å². The van der Waals surface area contributed by atoms with Gasteiger partial charge in [0.1, 0.15) is 19.0 Å². The van der Waals surface area contributed by atoms with Crippen LogP contribution < -0.4 is 0 Å². The number of hydrogen-bond acceptors (Lipinski definition) is 8. The Morgan fingerprint density at radius 2 is 1.84 bits per heavy atom. The second-order valence-electron chi connectivity index (χ2n) is 9.09. The Bertz CT molecular complexity index is 894.